The highest BCUT2D eigenvalue weighted by molar-refractivity contribution is 5.32. The molecule has 0 aromatic heterocycles. The van der Waals surface area contributed by atoms with Gasteiger partial charge in [-0.2, -0.15) is 0 Å². The van der Waals surface area contributed by atoms with Gasteiger partial charge in [-0.1, -0.05) is 24.3 Å². The largest absolute Gasteiger partial charge is 0.390 e. The maximum absolute atomic E-state index is 10.2. The van der Waals surface area contributed by atoms with E-state index in [9.17, 15) is 5.11 Å². The van der Waals surface area contributed by atoms with Crippen LogP contribution in [0.1, 0.15) is 17.5 Å². The second kappa shape index (κ2) is 3.84. The Morgan fingerprint density at radius 1 is 1.25 bits per heavy atom. The van der Waals surface area contributed by atoms with Crippen molar-refractivity contribution < 1.29 is 5.11 Å². The molecule has 0 unspecified atom stereocenters. The fourth-order valence-corrected chi connectivity index (χ4v) is 2.90. The van der Waals surface area contributed by atoms with E-state index in [0.717, 1.165) is 25.9 Å². The Kier molecular flexibility index (Phi) is 2.46. The molecule has 2 heterocycles. The van der Waals surface area contributed by atoms with Gasteiger partial charge in [-0.25, -0.2) is 0 Å². The van der Waals surface area contributed by atoms with Crippen LogP contribution in [-0.2, 0) is 13.0 Å². The fourth-order valence-electron chi connectivity index (χ4n) is 2.90. The van der Waals surface area contributed by atoms with Gasteiger partial charge >= 0.3 is 0 Å². The molecular weight excluding hydrogens is 200 g/mol. The Bertz CT molecular complexity index is 393. The number of piperidine rings is 1. The molecule has 16 heavy (non-hydrogen) atoms. The summed E-state index contributed by atoms with van der Waals surface area (Å²) in [6, 6.07) is 8.53. The van der Waals surface area contributed by atoms with E-state index >= 15 is 0 Å². The summed E-state index contributed by atoms with van der Waals surface area (Å²) in [5, 5.41) is 17.0. The first-order valence-corrected chi connectivity index (χ1v) is 6.01. The lowest BCUT2D eigenvalue weighted by molar-refractivity contribution is 0.0287. The number of aliphatic hydroxyl groups excluding tert-OH is 1. The van der Waals surface area contributed by atoms with E-state index in [0.29, 0.717) is 6.54 Å². The monoisotopic (exact) mass is 218 g/mol. The Hall–Kier alpha value is -0.900. The third kappa shape index (κ3) is 1.56. The lowest BCUT2D eigenvalue weighted by atomic mass is 9.76. The molecule has 0 saturated carbocycles. The second-order valence-electron chi connectivity index (χ2n) is 4.93. The Morgan fingerprint density at radius 2 is 2.06 bits per heavy atom. The SMILES string of the molecule is O[C@@H]1CNCC[C@]12Cc1ccccc1CN2. The lowest BCUT2D eigenvalue weighted by Crippen LogP contribution is -2.64. The molecule has 1 aromatic carbocycles. The maximum Gasteiger partial charge on any atom is 0.0849 e. The predicted molar refractivity (Wildman–Crippen MR) is 63.2 cm³/mol. The molecule has 86 valence electrons. The average Bonchev–Trinajstić information content (AvgIpc) is 2.33. The number of aliphatic hydroxyl groups is 1. The summed E-state index contributed by atoms with van der Waals surface area (Å²) in [5.41, 5.74) is 2.67. The van der Waals surface area contributed by atoms with E-state index < -0.39 is 0 Å². The minimum absolute atomic E-state index is 0.0976. The molecule has 3 heteroatoms. The van der Waals surface area contributed by atoms with E-state index in [1.54, 1.807) is 0 Å². The first-order valence-electron chi connectivity index (χ1n) is 6.01. The molecule has 3 N–H and O–H groups in total. The molecule has 3 nitrogen and oxygen atoms in total. The number of β-amino-alcohol motifs (C(OH)–C–C–N with tert-alkyl or cyclic N) is 1. The molecule has 2 aliphatic heterocycles. The van der Waals surface area contributed by atoms with E-state index in [2.05, 4.69) is 34.9 Å². The van der Waals surface area contributed by atoms with Crippen LogP contribution in [0.5, 0.6) is 0 Å². The highest BCUT2D eigenvalue weighted by Crippen LogP contribution is 2.29. The zero-order chi connectivity index (χ0) is 11.0. The topological polar surface area (TPSA) is 44.3 Å². The van der Waals surface area contributed by atoms with Gasteiger partial charge in [0.05, 0.1) is 11.6 Å². The van der Waals surface area contributed by atoms with E-state index in [4.69, 9.17) is 0 Å². The van der Waals surface area contributed by atoms with Gasteiger partial charge in [0.25, 0.3) is 0 Å². The van der Waals surface area contributed by atoms with Gasteiger partial charge in [0.2, 0.25) is 0 Å². The normalized spacial score (nSPS) is 33.7. The summed E-state index contributed by atoms with van der Waals surface area (Å²) in [6.07, 6.45) is 1.67. The van der Waals surface area contributed by atoms with Gasteiger partial charge in [0.1, 0.15) is 0 Å². The molecule has 2 aliphatic rings. The number of nitrogens with one attached hydrogen (secondary N) is 2. The highest BCUT2D eigenvalue weighted by atomic mass is 16.3. The molecule has 1 spiro atoms. The molecule has 0 amide bonds. The Balaban J connectivity index is 1.91. The summed E-state index contributed by atoms with van der Waals surface area (Å²) < 4.78 is 0. The predicted octanol–water partition coefficient (Wildman–Crippen LogP) is 0.425. The third-order valence-electron chi connectivity index (χ3n) is 3.98. The number of hydrogen-bond acceptors (Lipinski definition) is 3. The van der Waals surface area contributed by atoms with Crippen LogP contribution >= 0.6 is 0 Å². The van der Waals surface area contributed by atoms with Gasteiger partial charge in [-0.15, -0.1) is 0 Å². The molecule has 3 rings (SSSR count). The minimum Gasteiger partial charge on any atom is -0.390 e. The van der Waals surface area contributed by atoms with E-state index in [1.165, 1.54) is 11.1 Å². The van der Waals surface area contributed by atoms with Crippen molar-refractivity contribution in [2.45, 2.75) is 31.0 Å². The number of fused-ring (bicyclic) bond motifs is 1. The lowest BCUT2D eigenvalue weighted by Gasteiger charge is -2.45. The first kappa shape index (κ1) is 10.3. The second-order valence-corrected chi connectivity index (χ2v) is 4.93. The number of benzene rings is 1. The number of rotatable bonds is 0. The van der Waals surface area contributed by atoms with Gasteiger partial charge in [-0.05, 0) is 30.5 Å². The van der Waals surface area contributed by atoms with Crippen LogP contribution < -0.4 is 10.6 Å². The molecule has 0 aliphatic carbocycles. The minimum atomic E-state index is -0.283. The summed E-state index contributed by atoms with van der Waals surface area (Å²) in [5.74, 6) is 0. The van der Waals surface area contributed by atoms with Crippen LogP contribution in [0.25, 0.3) is 0 Å². The molecule has 1 aromatic rings. The summed E-state index contributed by atoms with van der Waals surface area (Å²) in [6.45, 7) is 2.58. The first-order chi connectivity index (χ1) is 7.80. The van der Waals surface area contributed by atoms with Gasteiger partial charge < -0.3 is 15.7 Å². The Morgan fingerprint density at radius 3 is 2.88 bits per heavy atom. The standard InChI is InChI=1S/C13H18N2O/c16-12-9-14-6-5-13(12)7-10-3-1-2-4-11(10)8-15-13/h1-4,12,14-16H,5-9H2/t12-,13+/m1/s1. The molecule has 0 radical (unpaired) electrons. The molecular formula is C13H18N2O. The van der Waals surface area contributed by atoms with Crippen LogP contribution in [0.2, 0.25) is 0 Å². The van der Waals surface area contributed by atoms with Crippen molar-refractivity contribution in [1.82, 2.24) is 10.6 Å². The zero-order valence-electron chi connectivity index (χ0n) is 9.37. The fraction of sp³-hybridized carbons (Fsp3) is 0.538. The summed E-state index contributed by atoms with van der Waals surface area (Å²) in [7, 11) is 0. The van der Waals surface area contributed by atoms with Crippen LogP contribution in [-0.4, -0.2) is 29.8 Å². The Labute approximate surface area is 95.9 Å². The zero-order valence-corrected chi connectivity index (χ0v) is 9.37. The molecule has 1 saturated heterocycles. The van der Waals surface area contributed by atoms with Crippen LogP contribution in [0.3, 0.4) is 0 Å². The van der Waals surface area contributed by atoms with Crippen molar-refractivity contribution >= 4 is 0 Å². The van der Waals surface area contributed by atoms with Gasteiger partial charge in [0, 0.05) is 13.1 Å². The van der Waals surface area contributed by atoms with Crippen LogP contribution in [0.4, 0.5) is 0 Å². The van der Waals surface area contributed by atoms with Crippen molar-refractivity contribution in [3.8, 4) is 0 Å². The number of hydrogen-bond donors (Lipinski definition) is 3. The van der Waals surface area contributed by atoms with Crippen molar-refractivity contribution in [2.24, 2.45) is 0 Å². The average molecular weight is 218 g/mol. The quantitative estimate of drug-likeness (QED) is 0.591. The van der Waals surface area contributed by atoms with E-state index in [1.807, 2.05) is 0 Å². The van der Waals surface area contributed by atoms with Gasteiger partial charge in [0.15, 0.2) is 0 Å². The summed E-state index contributed by atoms with van der Waals surface area (Å²) in [4.78, 5) is 0. The molecule has 0 bridgehead atoms. The van der Waals surface area contributed by atoms with Crippen molar-refractivity contribution in [3.05, 3.63) is 35.4 Å². The highest BCUT2D eigenvalue weighted by Gasteiger charge is 2.41. The van der Waals surface area contributed by atoms with Crippen LogP contribution in [0.15, 0.2) is 24.3 Å². The van der Waals surface area contributed by atoms with Crippen LogP contribution in [0, 0.1) is 0 Å². The smallest absolute Gasteiger partial charge is 0.0849 e. The molecule has 2 atom stereocenters. The van der Waals surface area contributed by atoms with Crippen molar-refractivity contribution in [2.75, 3.05) is 13.1 Å². The maximum atomic E-state index is 10.2. The summed E-state index contributed by atoms with van der Waals surface area (Å²) >= 11 is 0. The van der Waals surface area contributed by atoms with E-state index in [-0.39, 0.29) is 11.6 Å². The molecule has 1 fully saturated rings. The van der Waals surface area contributed by atoms with Crippen molar-refractivity contribution in [3.63, 3.8) is 0 Å². The van der Waals surface area contributed by atoms with Crippen molar-refractivity contribution in [1.29, 1.82) is 0 Å². The van der Waals surface area contributed by atoms with Gasteiger partial charge in [-0.3, -0.25) is 0 Å². The third-order valence-corrected chi connectivity index (χ3v) is 3.98.